The van der Waals surface area contributed by atoms with E-state index in [4.69, 9.17) is 5.11 Å². The molecule has 1 aromatic rings. The van der Waals surface area contributed by atoms with Crippen molar-refractivity contribution in [3.8, 4) is 0 Å². The Kier molecular flexibility index (Phi) is 2.49. The molecule has 0 saturated carbocycles. The maximum absolute atomic E-state index is 11.9. The SMILES string of the molecule is Cc1cc(C)c2c(c1)CN(CCO)C2=O. The molecule has 0 spiro atoms. The van der Waals surface area contributed by atoms with Gasteiger partial charge in [-0.1, -0.05) is 17.7 Å². The molecule has 0 unspecified atom stereocenters. The van der Waals surface area contributed by atoms with Gasteiger partial charge in [0.25, 0.3) is 5.91 Å². The van der Waals surface area contributed by atoms with Gasteiger partial charge in [-0.15, -0.1) is 0 Å². The number of rotatable bonds is 2. The number of carbonyl (C=O) groups is 1. The molecule has 0 bridgehead atoms. The predicted molar refractivity (Wildman–Crippen MR) is 57.7 cm³/mol. The first-order valence-corrected chi connectivity index (χ1v) is 5.13. The average Bonchev–Trinajstić information content (AvgIpc) is 2.43. The highest BCUT2D eigenvalue weighted by Crippen LogP contribution is 2.26. The summed E-state index contributed by atoms with van der Waals surface area (Å²) in [6, 6.07) is 4.08. The first-order valence-electron chi connectivity index (χ1n) is 5.13. The third kappa shape index (κ3) is 1.63. The summed E-state index contributed by atoms with van der Waals surface area (Å²) in [5.74, 6) is 0.0524. The van der Waals surface area contributed by atoms with E-state index in [1.54, 1.807) is 4.90 Å². The van der Waals surface area contributed by atoms with Crippen LogP contribution >= 0.6 is 0 Å². The van der Waals surface area contributed by atoms with E-state index < -0.39 is 0 Å². The van der Waals surface area contributed by atoms with Crippen LogP contribution in [0.5, 0.6) is 0 Å². The molecule has 1 amide bonds. The molecule has 0 fully saturated rings. The Morgan fingerprint density at radius 3 is 2.80 bits per heavy atom. The molecular formula is C12H15NO2. The van der Waals surface area contributed by atoms with E-state index in [1.807, 2.05) is 19.9 Å². The third-order valence-corrected chi connectivity index (χ3v) is 2.79. The van der Waals surface area contributed by atoms with Crippen molar-refractivity contribution in [1.29, 1.82) is 0 Å². The summed E-state index contributed by atoms with van der Waals surface area (Å²) in [5, 5.41) is 8.85. The van der Waals surface area contributed by atoms with Crippen molar-refractivity contribution in [3.05, 3.63) is 34.4 Å². The first-order chi connectivity index (χ1) is 7.13. The first kappa shape index (κ1) is 10.2. The third-order valence-electron chi connectivity index (χ3n) is 2.79. The van der Waals surface area contributed by atoms with Gasteiger partial charge in [0.2, 0.25) is 0 Å². The predicted octanol–water partition coefficient (Wildman–Crippen LogP) is 1.25. The van der Waals surface area contributed by atoms with Gasteiger partial charge >= 0.3 is 0 Å². The molecule has 0 saturated heterocycles. The van der Waals surface area contributed by atoms with Crippen LogP contribution in [-0.2, 0) is 6.54 Å². The van der Waals surface area contributed by atoms with Crippen LogP contribution in [0.15, 0.2) is 12.1 Å². The van der Waals surface area contributed by atoms with Gasteiger partial charge in [-0.2, -0.15) is 0 Å². The number of hydrogen-bond donors (Lipinski definition) is 1. The quantitative estimate of drug-likeness (QED) is 0.789. The van der Waals surface area contributed by atoms with Crippen molar-refractivity contribution in [2.24, 2.45) is 0 Å². The van der Waals surface area contributed by atoms with Gasteiger partial charge in [-0.3, -0.25) is 4.79 Å². The standard InChI is InChI=1S/C12H15NO2/c1-8-5-9(2)11-10(6-8)7-13(3-4-14)12(11)15/h5-6,14H,3-4,7H2,1-2H3. The van der Waals surface area contributed by atoms with Crippen LogP contribution in [0.4, 0.5) is 0 Å². The highest BCUT2D eigenvalue weighted by Gasteiger charge is 2.28. The summed E-state index contributed by atoms with van der Waals surface area (Å²) in [7, 11) is 0. The number of hydrogen-bond acceptors (Lipinski definition) is 2. The molecule has 1 N–H and O–H groups in total. The summed E-state index contributed by atoms with van der Waals surface area (Å²) >= 11 is 0. The molecule has 0 radical (unpaired) electrons. The topological polar surface area (TPSA) is 40.5 Å². The van der Waals surface area contributed by atoms with E-state index >= 15 is 0 Å². The smallest absolute Gasteiger partial charge is 0.254 e. The largest absolute Gasteiger partial charge is 0.395 e. The van der Waals surface area contributed by atoms with Crippen LogP contribution in [0, 0.1) is 13.8 Å². The monoisotopic (exact) mass is 205 g/mol. The highest BCUT2D eigenvalue weighted by molar-refractivity contribution is 5.99. The summed E-state index contributed by atoms with van der Waals surface area (Å²) in [6.07, 6.45) is 0. The number of aliphatic hydroxyl groups excluding tert-OH is 1. The Bertz CT molecular complexity index is 412. The zero-order chi connectivity index (χ0) is 11.0. The minimum atomic E-state index is 0.0256. The van der Waals surface area contributed by atoms with Gasteiger partial charge in [0.1, 0.15) is 0 Å². The maximum atomic E-state index is 11.9. The van der Waals surface area contributed by atoms with Crippen LogP contribution in [0.25, 0.3) is 0 Å². The number of carbonyl (C=O) groups excluding carboxylic acids is 1. The van der Waals surface area contributed by atoms with Gasteiger partial charge in [0, 0.05) is 18.7 Å². The molecule has 0 aromatic heterocycles. The van der Waals surface area contributed by atoms with Gasteiger partial charge in [-0.25, -0.2) is 0 Å². The molecule has 1 heterocycles. The summed E-state index contributed by atoms with van der Waals surface area (Å²) in [6.45, 7) is 5.08. The number of aryl methyl sites for hydroxylation is 2. The molecule has 15 heavy (non-hydrogen) atoms. The second kappa shape index (κ2) is 3.66. The van der Waals surface area contributed by atoms with E-state index in [0.29, 0.717) is 13.1 Å². The van der Waals surface area contributed by atoms with Crippen molar-refractivity contribution < 1.29 is 9.90 Å². The number of fused-ring (bicyclic) bond motifs is 1. The minimum absolute atomic E-state index is 0.0256. The Balaban J connectivity index is 2.41. The van der Waals surface area contributed by atoms with Crippen molar-refractivity contribution >= 4 is 5.91 Å². The van der Waals surface area contributed by atoms with E-state index in [9.17, 15) is 4.79 Å². The molecule has 3 nitrogen and oxygen atoms in total. The molecular weight excluding hydrogens is 190 g/mol. The summed E-state index contributed by atoms with van der Waals surface area (Å²) < 4.78 is 0. The lowest BCUT2D eigenvalue weighted by Crippen LogP contribution is -2.27. The number of β-amino-alcohol motifs (C(OH)–C–C–N with tert-alkyl or cyclic N) is 1. The average molecular weight is 205 g/mol. The number of aliphatic hydroxyl groups is 1. The van der Waals surface area contributed by atoms with Crippen molar-refractivity contribution in [1.82, 2.24) is 4.90 Å². The van der Waals surface area contributed by atoms with Crippen LogP contribution < -0.4 is 0 Å². The van der Waals surface area contributed by atoms with E-state index in [-0.39, 0.29) is 12.5 Å². The molecule has 1 aliphatic rings. The zero-order valence-electron chi connectivity index (χ0n) is 9.08. The van der Waals surface area contributed by atoms with E-state index in [0.717, 1.165) is 16.7 Å². The van der Waals surface area contributed by atoms with Crippen LogP contribution in [0.1, 0.15) is 27.0 Å². The second-order valence-corrected chi connectivity index (χ2v) is 4.07. The van der Waals surface area contributed by atoms with E-state index in [2.05, 4.69) is 6.07 Å². The summed E-state index contributed by atoms with van der Waals surface area (Å²) in [4.78, 5) is 13.6. The Morgan fingerprint density at radius 2 is 2.13 bits per heavy atom. The van der Waals surface area contributed by atoms with Crippen LogP contribution in [0.3, 0.4) is 0 Å². The fraction of sp³-hybridized carbons (Fsp3) is 0.417. The maximum Gasteiger partial charge on any atom is 0.254 e. The minimum Gasteiger partial charge on any atom is -0.395 e. The van der Waals surface area contributed by atoms with Gasteiger partial charge < -0.3 is 10.0 Å². The van der Waals surface area contributed by atoms with E-state index in [1.165, 1.54) is 5.56 Å². The second-order valence-electron chi connectivity index (χ2n) is 4.07. The number of benzene rings is 1. The Morgan fingerprint density at radius 1 is 1.40 bits per heavy atom. The number of nitrogens with zero attached hydrogens (tertiary/aromatic N) is 1. The normalized spacial score (nSPS) is 14.6. The molecule has 1 aromatic carbocycles. The number of amides is 1. The fourth-order valence-electron chi connectivity index (χ4n) is 2.22. The van der Waals surface area contributed by atoms with Crippen LogP contribution in [0.2, 0.25) is 0 Å². The van der Waals surface area contributed by atoms with Gasteiger partial charge in [0.15, 0.2) is 0 Å². The van der Waals surface area contributed by atoms with Crippen LogP contribution in [-0.4, -0.2) is 29.1 Å². The van der Waals surface area contributed by atoms with Crippen molar-refractivity contribution in [3.63, 3.8) is 0 Å². The van der Waals surface area contributed by atoms with Gasteiger partial charge in [-0.05, 0) is 25.0 Å². The lowest BCUT2D eigenvalue weighted by molar-refractivity contribution is 0.0745. The highest BCUT2D eigenvalue weighted by atomic mass is 16.3. The lowest BCUT2D eigenvalue weighted by Gasteiger charge is -2.12. The zero-order valence-corrected chi connectivity index (χ0v) is 9.08. The lowest BCUT2D eigenvalue weighted by atomic mass is 10.0. The molecule has 0 aliphatic carbocycles. The summed E-state index contributed by atoms with van der Waals surface area (Å²) in [5.41, 5.74) is 4.14. The fourth-order valence-corrected chi connectivity index (χ4v) is 2.22. The molecule has 0 atom stereocenters. The van der Waals surface area contributed by atoms with Crippen molar-refractivity contribution in [2.45, 2.75) is 20.4 Å². The Hall–Kier alpha value is -1.35. The molecule has 1 aliphatic heterocycles. The molecule has 2 rings (SSSR count). The van der Waals surface area contributed by atoms with Gasteiger partial charge in [0.05, 0.1) is 6.61 Å². The van der Waals surface area contributed by atoms with Crippen molar-refractivity contribution in [2.75, 3.05) is 13.2 Å². The molecule has 80 valence electrons. The Labute approximate surface area is 89.3 Å². The molecule has 3 heteroatoms.